The summed E-state index contributed by atoms with van der Waals surface area (Å²) in [6, 6.07) is -1.31. The Bertz CT molecular complexity index is 514. The lowest BCUT2D eigenvalue weighted by Crippen LogP contribution is -2.56. The zero-order valence-corrected chi connectivity index (χ0v) is 15.1. The summed E-state index contributed by atoms with van der Waals surface area (Å²) >= 11 is 0. The van der Waals surface area contributed by atoms with E-state index in [1.807, 2.05) is 0 Å². The van der Waals surface area contributed by atoms with Crippen LogP contribution in [0.5, 0.6) is 0 Å². The van der Waals surface area contributed by atoms with Crippen molar-refractivity contribution in [3.63, 3.8) is 0 Å². The SMILES string of the molecule is CCC(C(=O)CC(O)(C(=O)OC)C(F)(F)F)N(C)C(=O)OC(C)(C)C. The summed E-state index contributed by atoms with van der Waals surface area (Å²) in [4.78, 5) is 36.4. The number of esters is 1. The van der Waals surface area contributed by atoms with Gasteiger partial charge in [0.15, 0.2) is 5.78 Å². The number of rotatable bonds is 6. The zero-order valence-electron chi connectivity index (χ0n) is 15.1. The summed E-state index contributed by atoms with van der Waals surface area (Å²) in [5, 5.41) is 9.68. The van der Waals surface area contributed by atoms with Gasteiger partial charge in [-0.05, 0) is 27.2 Å². The molecule has 10 heteroatoms. The van der Waals surface area contributed by atoms with Crippen molar-refractivity contribution in [1.29, 1.82) is 0 Å². The van der Waals surface area contributed by atoms with Gasteiger partial charge in [0.05, 0.1) is 19.6 Å². The summed E-state index contributed by atoms with van der Waals surface area (Å²) < 4.78 is 48.2. The molecule has 1 amide bonds. The largest absolute Gasteiger partial charge is 0.467 e. The first-order valence-corrected chi connectivity index (χ1v) is 7.46. The Hall–Kier alpha value is -1.84. The number of amides is 1. The molecular weight excluding hydrogens is 347 g/mol. The molecule has 2 atom stereocenters. The summed E-state index contributed by atoms with van der Waals surface area (Å²) in [7, 11) is 1.85. The van der Waals surface area contributed by atoms with E-state index in [0.717, 1.165) is 4.90 Å². The van der Waals surface area contributed by atoms with E-state index in [4.69, 9.17) is 4.74 Å². The molecule has 0 aromatic heterocycles. The first-order valence-electron chi connectivity index (χ1n) is 7.46. The number of ether oxygens (including phenoxy) is 2. The minimum absolute atomic E-state index is 0.0380. The number of methoxy groups -OCH3 is 1. The first kappa shape index (κ1) is 23.2. The molecule has 0 aliphatic carbocycles. The maximum absolute atomic E-state index is 13.0. The second-order valence-electron chi connectivity index (χ2n) is 6.51. The van der Waals surface area contributed by atoms with Crippen molar-refractivity contribution in [3.8, 4) is 0 Å². The molecule has 0 rings (SSSR count). The lowest BCUT2D eigenvalue weighted by Gasteiger charge is -2.32. The van der Waals surface area contributed by atoms with Gasteiger partial charge in [-0.25, -0.2) is 9.59 Å². The smallest absolute Gasteiger partial charge is 0.428 e. The Morgan fingerprint density at radius 1 is 1.16 bits per heavy atom. The highest BCUT2D eigenvalue weighted by Crippen LogP contribution is 2.35. The summed E-state index contributed by atoms with van der Waals surface area (Å²) in [5.41, 5.74) is -4.85. The molecule has 0 aliphatic rings. The van der Waals surface area contributed by atoms with E-state index < -0.39 is 47.7 Å². The van der Waals surface area contributed by atoms with Crippen molar-refractivity contribution in [2.45, 2.75) is 64.0 Å². The monoisotopic (exact) mass is 371 g/mol. The first-order chi connectivity index (χ1) is 11.1. The van der Waals surface area contributed by atoms with Crippen LogP contribution in [0.4, 0.5) is 18.0 Å². The highest BCUT2D eigenvalue weighted by Gasteiger charge is 2.62. The predicted molar refractivity (Wildman–Crippen MR) is 80.7 cm³/mol. The molecule has 146 valence electrons. The predicted octanol–water partition coefficient (Wildman–Crippen LogP) is 2.06. The van der Waals surface area contributed by atoms with Crippen molar-refractivity contribution in [3.05, 3.63) is 0 Å². The fourth-order valence-electron chi connectivity index (χ4n) is 2.01. The van der Waals surface area contributed by atoms with Crippen LogP contribution in [-0.2, 0) is 19.1 Å². The van der Waals surface area contributed by atoms with Crippen LogP contribution in [0.15, 0.2) is 0 Å². The molecule has 25 heavy (non-hydrogen) atoms. The third kappa shape index (κ3) is 5.87. The second-order valence-corrected chi connectivity index (χ2v) is 6.51. The number of alkyl halides is 3. The van der Waals surface area contributed by atoms with Crippen molar-refractivity contribution in [1.82, 2.24) is 4.90 Å². The van der Waals surface area contributed by atoms with Crippen molar-refractivity contribution in [2.24, 2.45) is 0 Å². The minimum atomic E-state index is -5.42. The number of halogens is 3. The van der Waals surface area contributed by atoms with Gasteiger partial charge in [0.25, 0.3) is 5.60 Å². The average molecular weight is 371 g/mol. The third-order valence-corrected chi connectivity index (χ3v) is 3.33. The fraction of sp³-hybridized carbons (Fsp3) is 0.800. The lowest BCUT2D eigenvalue weighted by atomic mass is 9.92. The normalized spacial score (nSPS) is 15.8. The van der Waals surface area contributed by atoms with Crippen molar-refractivity contribution < 1.29 is 42.1 Å². The number of nitrogens with zero attached hydrogens (tertiary/aromatic N) is 1. The van der Waals surface area contributed by atoms with E-state index in [2.05, 4.69) is 4.74 Å². The average Bonchev–Trinajstić information content (AvgIpc) is 2.43. The number of ketones is 1. The quantitative estimate of drug-likeness (QED) is 0.719. The number of likely N-dealkylation sites (N-methyl/N-ethyl adjacent to an activating group) is 1. The van der Waals surface area contributed by atoms with Crippen LogP contribution in [0.25, 0.3) is 0 Å². The number of carbonyl (C=O) groups is 3. The fourth-order valence-corrected chi connectivity index (χ4v) is 2.01. The molecule has 0 bridgehead atoms. The molecule has 0 aromatic carbocycles. The maximum atomic E-state index is 13.0. The van der Waals surface area contributed by atoms with Gasteiger partial charge in [-0.2, -0.15) is 13.2 Å². The van der Waals surface area contributed by atoms with Gasteiger partial charge in [-0.3, -0.25) is 4.79 Å². The van der Waals surface area contributed by atoms with Gasteiger partial charge in [0.1, 0.15) is 5.60 Å². The topological polar surface area (TPSA) is 93.1 Å². The third-order valence-electron chi connectivity index (χ3n) is 3.33. The van der Waals surface area contributed by atoms with Crippen LogP contribution < -0.4 is 0 Å². The molecule has 0 saturated carbocycles. The number of hydrogen-bond acceptors (Lipinski definition) is 6. The maximum Gasteiger partial charge on any atom is 0.428 e. The summed E-state index contributed by atoms with van der Waals surface area (Å²) in [6.07, 6.45) is -7.95. The van der Waals surface area contributed by atoms with Crippen LogP contribution >= 0.6 is 0 Å². The van der Waals surface area contributed by atoms with Crippen LogP contribution in [0, 0.1) is 0 Å². The molecule has 0 aromatic rings. The van der Waals surface area contributed by atoms with Gasteiger partial charge in [0.2, 0.25) is 0 Å². The number of aliphatic hydroxyl groups is 1. The molecule has 0 saturated heterocycles. The Labute approximate surface area is 144 Å². The zero-order chi connectivity index (χ0) is 20.2. The Morgan fingerprint density at radius 2 is 1.64 bits per heavy atom. The number of Topliss-reactive ketones (excluding diaryl/α,β-unsaturated/α-hetero) is 1. The Morgan fingerprint density at radius 3 is 1.96 bits per heavy atom. The highest BCUT2D eigenvalue weighted by molar-refractivity contribution is 5.93. The molecule has 0 heterocycles. The number of carbonyl (C=O) groups excluding carboxylic acids is 3. The summed E-state index contributed by atoms with van der Waals surface area (Å²) in [5.74, 6) is -3.15. The van der Waals surface area contributed by atoms with Crippen molar-refractivity contribution in [2.75, 3.05) is 14.2 Å². The van der Waals surface area contributed by atoms with Gasteiger partial charge in [-0.1, -0.05) is 6.92 Å². The molecular formula is C15H24F3NO6. The van der Waals surface area contributed by atoms with Crippen molar-refractivity contribution >= 4 is 17.8 Å². The lowest BCUT2D eigenvalue weighted by molar-refractivity contribution is -0.262. The van der Waals surface area contributed by atoms with E-state index in [1.165, 1.54) is 14.0 Å². The van der Waals surface area contributed by atoms with E-state index in [-0.39, 0.29) is 6.42 Å². The van der Waals surface area contributed by atoms with Crippen LogP contribution in [-0.4, -0.2) is 65.4 Å². The van der Waals surface area contributed by atoms with E-state index in [9.17, 15) is 32.7 Å². The van der Waals surface area contributed by atoms with Crippen LogP contribution in [0.1, 0.15) is 40.5 Å². The van der Waals surface area contributed by atoms with Gasteiger partial charge in [0, 0.05) is 7.05 Å². The Balaban J connectivity index is 5.46. The molecule has 1 N–H and O–H groups in total. The standard InChI is InChI=1S/C15H24F3NO6/c1-7-9(19(5)12(22)25-13(2,3)4)10(20)8-14(23,11(21)24-6)15(16,17)18/h9,23H,7-8H2,1-6H3. The van der Waals surface area contributed by atoms with Gasteiger partial charge < -0.3 is 19.5 Å². The van der Waals surface area contributed by atoms with Gasteiger partial charge >= 0.3 is 18.2 Å². The second kappa shape index (κ2) is 8.03. The molecule has 0 fully saturated rings. The Kier molecular flexibility index (Phi) is 7.44. The highest BCUT2D eigenvalue weighted by atomic mass is 19.4. The molecule has 0 spiro atoms. The van der Waals surface area contributed by atoms with E-state index in [0.29, 0.717) is 7.11 Å². The minimum Gasteiger partial charge on any atom is -0.467 e. The van der Waals surface area contributed by atoms with E-state index >= 15 is 0 Å². The molecule has 7 nitrogen and oxygen atoms in total. The van der Waals surface area contributed by atoms with Crippen LogP contribution in [0.2, 0.25) is 0 Å². The van der Waals surface area contributed by atoms with Gasteiger partial charge in [-0.15, -0.1) is 0 Å². The van der Waals surface area contributed by atoms with E-state index in [1.54, 1.807) is 20.8 Å². The summed E-state index contributed by atoms with van der Waals surface area (Å²) in [6.45, 7) is 6.22. The molecule has 2 unspecified atom stereocenters. The van der Waals surface area contributed by atoms with Crippen LogP contribution in [0.3, 0.4) is 0 Å². The number of hydrogen-bond donors (Lipinski definition) is 1. The molecule has 0 radical (unpaired) electrons. The molecule has 0 aliphatic heterocycles.